The van der Waals surface area contributed by atoms with Crippen molar-refractivity contribution in [1.29, 1.82) is 0 Å². The monoisotopic (exact) mass is 576 g/mol. The molecule has 2 aliphatic rings. The zero-order valence-electron chi connectivity index (χ0n) is 21.4. The SMILES string of the molecule is COc1ccc(C2=NN(C(=O)COc3ccc(C4CCCCC4)cc3)[C@@](O)(C(F)(F)C(F)(F)C(F)(F)F)C2)cc1. The normalized spacial score (nSPS) is 20.8. The molecular formula is C27H27F7N2O4. The average Bonchev–Trinajstić information content (AvgIpc) is 3.31. The second kappa shape index (κ2) is 10.9. The fraction of sp³-hybridized carbons (Fsp3) is 0.481. The lowest BCUT2D eigenvalue weighted by molar-refractivity contribution is -0.401. The maximum Gasteiger partial charge on any atom is 0.460 e. The van der Waals surface area contributed by atoms with Crippen molar-refractivity contribution in [1.82, 2.24) is 5.01 Å². The number of hydrogen-bond acceptors (Lipinski definition) is 5. The third-order valence-electron chi connectivity index (χ3n) is 7.22. The Bertz CT molecular complexity index is 1230. The van der Waals surface area contributed by atoms with Gasteiger partial charge in [-0.1, -0.05) is 31.4 Å². The predicted molar refractivity (Wildman–Crippen MR) is 130 cm³/mol. The van der Waals surface area contributed by atoms with E-state index in [0.717, 1.165) is 31.2 Å². The molecule has 1 amide bonds. The Morgan fingerprint density at radius 3 is 2.08 bits per heavy atom. The lowest BCUT2D eigenvalue weighted by Gasteiger charge is -2.41. The zero-order chi connectivity index (χ0) is 29.3. The van der Waals surface area contributed by atoms with Gasteiger partial charge in [0.2, 0.25) is 5.72 Å². The Balaban J connectivity index is 1.59. The second-order valence-electron chi connectivity index (χ2n) is 9.81. The molecular weight excluding hydrogens is 549 g/mol. The highest BCUT2D eigenvalue weighted by atomic mass is 19.4. The van der Waals surface area contributed by atoms with Crippen molar-refractivity contribution in [3.05, 3.63) is 59.7 Å². The van der Waals surface area contributed by atoms with Crippen LogP contribution in [-0.4, -0.2) is 59.2 Å². The number of alkyl halides is 7. The van der Waals surface area contributed by atoms with Crippen LogP contribution in [0.3, 0.4) is 0 Å². The van der Waals surface area contributed by atoms with Gasteiger partial charge in [-0.05, 0) is 66.3 Å². The van der Waals surface area contributed by atoms with E-state index >= 15 is 0 Å². The summed E-state index contributed by atoms with van der Waals surface area (Å²) in [7, 11) is 1.34. The van der Waals surface area contributed by atoms with Gasteiger partial charge < -0.3 is 14.6 Å². The Labute approximate surface area is 225 Å². The minimum atomic E-state index is -6.74. The van der Waals surface area contributed by atoms with Crippen molar-refractivity contribution >= 4 is 11.6 Å². The Morgan fingerprint density at radius 2 is 1.52 bits per heavy atom. The number of carbonyl (C=O) groups is 1. The lowest BCUT2D eigenvalue weighted by Crippen LogP contribution is -2.69. The topological polar surface area (TPSA) is 71.4 Å². The first-order chi connectivity index (χ1) is 18.7. The highest BCUT2D eigenvalue weighted by Crippen LogP contribution is 2.54. The largest absolute Gasteiger partial charge is 0.497 e. The number of hydrogen-bond donors (Lipinski definition) is 1. The quantitative estimate of drug-likeness (QED) is 0.376. The predicted octanol–water partition coefficient (Wildman–Crippen LogP) is 6.28. The number of amides is 1. The van der Waals surface area contributed by atoms with E-state index in [9.17, 15) is 40.6 Å². The smallest absolute Gasteiger partial charge is 0.460 e. The maximum absolute atomic E-state index is 14.9. The van der Waals surface area contributed by atoms with Gasteiger partial charge in [0, 0.05) is 6.42 Å². The molecule has 0 spiro atoms. The number of ether oxygens (including phenoxy) is 2. The molecule has 40 heavy (non-hydrogen) atoms. The number of carbonyl (C=O) groups excluding carboxylic acids is 1. The molecule has 2 aromatic carbocycles. The summed E-state index contributed by atoms with van der Waals surface area (Å²) in [6.07, 6.45) is -2.82. The molecule has 1 N–H and O–H groups in total. The van der Waals surface area contributed by atoms with Crippen molar-refractivity contribution in [3.8, 4) is 11.5 Å². The van der Waals surface area contributed by atoms with Gasteiger partial charge in [0.25, 0.3) is 5.91 Å². The third kappa shape index (κ3) is 5.35. The van der Waals surface area contributed by atoms with Crippen LogP contribution in [0.2, 0.25) is 0 Å². The van der Waals surface area contributed by atoms with E-state index in [-0.39, 0.29) is 11.3 Å². The maximum atomic E-state index is 14.9. The minimum absolute atomic E-state index is 0.0140. The van der Waals surface area contributed by atoms with E-state index in [2.05, 4.69) is 5.10 Å². The summed E-state index contributed by atoms with van der Waals surface area (Å²) in [4.78, 5) is 12.9. The van der Waals surface area contributed by atoms with Gasteiger partial charge in [-0.15, -0.1) is 0 Å². The van der Waals surface area contributed by atoms with Crippen molar-refractivity contribution in [3.63, 3.8) is 0 Å². The van der Waals surface area contributed by atoms with Crippen molar-refractivity contribution in [2.45, 2.75) is 68.2 Å². The van der Waals surface area contributed by atoms with Gasteiger partial charge in [-0.25, -0.2) is 0 Å². The molecule has 0 unspecified atom stereocenters. The third-order valence-corrected chi connectivity index (χ3v) is 7.22. The average molecular weight is 577 g/mol. The molecule has 0 saturated heterocycles. The van der Waals surface area contributed by atoms with E-state index in [1.54, 1.807) is 12.1 Å². The van der Waals surface area contributed by atoms with Crippen LogP contribution in [0.15, 0.2) is 53.6 Å². The van der Waals surface area contributed by atoms with E-state index < -0.39 is 53.4 Å². The van der Waals surface area contributed by atoms with Gasteiger partial charge in [0.1, 0.15) is 11.5 Å². The summed E-state index contributed by atoms with van der Waals surface area (Å²) in [6, 6.07) is 11.8. The Morgan fingerprint density at radius 1 is 0.950 bits per heavy atom. The minimum Gasteiger partial charge on any atom is -0.497 e. The van der Waals surface area contributed by atoms with Crippen LogP contribution in [0.4, 0.5) is 30.7 Å². The van der Waals surface area contributed by atoms with Crippen molar-refractivity contribution in [2.24, 2.45) is 5.10 Å². The van der Waals surface area contributed by atoms with Gasteiger partial charge in [0.15, 0.2) is 6.61 Å². The number of methoxy groups -OCH3 is 1. The standard InChI is InChI=1S/C27H27F7N2O4/c1-39-20-11-9-19(10-12-20)22-15-24(38,25(28,29)26(30,31)27(32,33)34)36(35-22)23(37)16-40-21-13-7-18(8-14-21)17-5-3-2-4-6-17/h7-14,17,38H,2-6,15-16H2,1H3/t24-/m0/s1. The van der Waals surface area contributed by atoms with Gasteiger partial charge in [0.05, 0.1) is 12.8 Å². The van der Waals surface area contributed by atoms with Gasteiger partial charge in [-0.3, -0.25) is 4.79 Å². The summed E-state index contributed by atoms with van der Waals surface area (Å²) in [5.41, 5.74) is -3.84. The number of benzene rings is 2. The summed E-state index contributed by atoms with van der Waals surface area (Å²) in [6.45, 7) is -1.07. The first kappa shape index (κ1) is 29.6. The highest BCUT2D eigenvalue weighted by Gasteiger charge is 2.82. The molecule has 0 bridgehead atoms. The molecule has 0 aromatic heterocycles. The molecule has 1 aliphatic carbocycles. The number of rotatable bonds is 8. The molecule has 0 radical (unpaired) electrons. The first-order valence-electron chi connectivity index (χ1n) is 12.5. The van der Waals surface area contributed by atoms with Gasteiger partial charge >= 0.3 is 18.0 Å². The summed E-state index contributed by atoms with van der Waals surface area (Å²) < 4.78 is 107. The second-order valence-corrected chi connectivity index (χ2v) is 9.81. The molecule has 2 aromatic rings. The molecule has 13 heteroatoms. The molecule has 1 atom stereocenters. The van der Waals surface area contributed by atoms with Gasteiger partial charge in [-0.2, -0.15) is 40.8 Å². The van der Waals surface area contributed by atoms with E-state index in [1.165, 1.54) is 49.9 Å². The summed E-state index contributed by atoms with van der Waals surface area (Å²) in [5, 5.41) is 13.9. The van der Waals surface area contributed by atoms with Crippen LogP contribution < -0.4 is 9.47 Å². The van der Waals surface area contributed by atoms with E-state index in [4.69, 9.17) is 9.47 Å². The fourth-order valence-corrected chi connectivity index (χ4v) is 4.90. The van der Waals surface area contributed by atoms with E-state index in [0.29, 0.717) is 11.7 Å². The fourth-order valence-electron chi connectivity index (χ4n) is 4.90. The van der Waals surface area contributed by atoms with Crippen molar-refractivity contribution < 1.29 is 50.1 Å². The number of aliphatic hydroxyl groups is 1. The van der Waals surface area contributed by atoms with Crippen LogP contribution in [0.25, 0.3) is 0 Å². The molecule has 1 saturated carbocycles. The van der Waals surface area contributed by atoms with E-state index in [1.807, 2.05) is 0 Å². The molecule has 1 aliphatic heterocycles. The van der Waals surface area contributed by atoms with Crippen LogP contribution >= 0.6 is 0 Å². The molecule has 6 nitrogen and oxygen atoms in total. The Hall–Kier alpha value is -3.35. The highest BCUT2D eigenvalue weighted by molar-refractivity contribution is 6.03. The van der Waals surface area contributed by atoms with Crippen LogP contribution in [0.1, 0.15) is 55.6 Å². The first-order valence-corrected chi connectivity index (χ1v) is 12.5. The number of nitrogens with zero attached hydrogens (tertiary/aromatic N) is 2. The van der Waals surface area contributed by atoms with Crippen LogP contribution in [0.5, 0.6) is 11.5 Å². The number of halogens is 7. The van der Waals surface area contributed by atoms with Crippen molar-refractivity contribution in [2.75, 3.05) is 13.7 Å². The number of hydrazone groups is 1. The van der Waals surface area contributed by atoms with Crippen LogP contribution in [-0.2, 0) is 4.79 Å². The zero-order valence-corrected chi connectivity index (χ0v) is 21.4. The molecule has 218 valence electrons. The summed E-state index contributed by atoms with van der Waals surface area (Å²) >= 11 is 0. The summed E-state index contributed by atoms with van der Waals surface area (Å²) in [5.74, 6) is -13.6. The molecule has 4 rings (SSSR count). The molecule has 1 heterocycles. The Kier molecular flexibility index (Phi) is 8.08. The van der Waals surface area contributed by atoms with Crippen LogP contribution in [0, 0.1) is 0 Å². The lowest BCUT2D eigenvalue weighted by atomic mass is 9.84. The molecule has 1 fully saturated rings.